The van der Waals surface area contributed by atoms with Crippen LogP contribution in [0.1, 0.15) is 85.9 Å². The zero-order valence-corrected chi connectivity index (χ0v) is 39.7. The SMILES string of the molecule is O=C(O)c1cccc(Cc2ccccc2)c1[O-].O=C(O)c1cccc(Cc2ccccc2)c1[O-].O=C(O)c1cccc(Cc2ccccc2)c1[O-].O=C(O)c1cccc(Cc2ccccc2)c1[O-].[Sn+4]. The van der Waals surface area contributed by atoms with E-state index in [0.29, 0.717) is 47.9 Å². The molecule has 69 heavy (non-hydrogen) atoms. The molecule has 8 aromatic carbocycles. The molecular formula is C56H44O12Sn. The van der Waals surface area contributed by atoms with E-state index in [-0.39, 0.29) is 46.2 Å². The molecule has 8 aromatic rings. The van der Waals surface area contributed by atoms with Gasteiger partial charge in [-0.1, -0.05) is 215 Å². The molecule has 0 spiro atoms. The maximum atomic E-state index is 11.8. The Balaban J connectivity index is 0.000000199. The molecule has 0 bridgehead atoms. The van der Waals surface area contributed by atoms with Crippen molar-refractivity contribution in [3.63, 3.8) is 0 Å². The molecule has 344 valence electrons. The second-order valence-electron chi connectivity index (χ2n) is 15.0. The summed E-state index contributed by atoms with van der Waals surface area (Å²) in [5.41, 5.74) is 5.34. The van der Waals surface area contributed by atoms with Gasteiger partial charge >= 0.3 is 47.8 Å². The van der Waals surface area contributed by atoms with Crippen LogP contribution in [0.25, 0.3) is 0 Å². The molecule has 0 saturated carbocycles. The van der Waals surface area contributed by atoms with Crippen LogP contribution in [-0.4, -0.2) is 68.2 Å². The molecule has 0 aliphatic rings. The first kappa shape index (κ1) is 53.3. The predicted octanol–water partition coefficient (Wildman–Crippen LogP) is 7.82. The fourth-order valence-electron chi connectivity index (χ4n) is 6.83. The molecule has 0 radical (unpaired) electrons. The number of rotatable bonds is 12. The minimum atomic E-state index is -1.18. The van der Waals surface area contributed by atoms with Crippen molar-refractivity contribution in [1.82, 2.24) is 0 Å². The van der Waals surface area contributed by atoms with Gasteiger partial charge in [-0.25, -0.2) is 19.2 Å². The Morgan fingerprint density at radius 1 is 0.275 bits per heavy atom. The predicted molar refractivity (Wildman–Crippen MR) is 254 cm³/mol. The van der Waals surface area contributed by atoms with Crippen molar-refractivity contribution >= 4 is 47.8 Å². The zero-order valence-electron chi connectivity index (χ0n) is 36.9. The fourth-order valence-corrected chi connectivity index (χ4v) is 6.83. The first-order valence-corrected chi connectivity index (χ1v) is 21.0. The van der Waals surface area contributed by atoms with Gasteiger partial charge in [0, 0.05) is 0 Å². The molecule has 0 aliphatic heterocycles. The van der Waals surface area contributed by atoms with E-state index in [1.54, 1.807) is 48.5 Å². The van der Waals surface area contributed by atoms with Crippen LogP contribution >= 0.6 is 0 Å². The molecule has 0 atom stereocenters. The Morgan fingerprint density at radius 3 is 0.609 bits per heavy atom. The average molecular weight is 1030 g/mol. The standard InChI is InChI=1S/4C14H12O3.Sn/c4*15-13-11(7-4-8-12(13)14(16)17)9-10-5-2-1-3-6-10;/h4*1-8,15H,9H2,(H,16,17);/q;;;;+4/p-4. The Bertz CT molecular complexity index is 2540. The molecule has 13 heteroatoms. The first-order chi connectivity index (χ1) is 32.7. The van der Waals surface area contributed by atoms with Crippen LogP contribution in [0.2, 0.25) is 0 Å². The molecule has 8 rings (SSSR count). The molecule has 0 aliphatic carbocycles. The van der Waals surface area contributed by atoms with Crippen LogP contribution in [0.5, 0.6) is 23.0 Å². The number of carbonyl (C=O) groups is 4. The van der Waals surface area contributed by atoms with Gasteiger partial charge in [0.1, 0.15) is 0 Å². The van der Waals surface area contributed by atoms with Crippen LogP contribution < -0.4 is 20.4 Å². The van der Waals surface area contributed by atoms with Gasteiger partial charge in [0.15, 0.2) is 0 Å². The second kappa shape index (κ2) is 26.7. The van der Waals surface area contributed by atoms with Crippen LogP contribution in [-0.2, 0) is 25.7 Å². The summed E-state index contributed by atoms with van der Waals surface area (Å²) in [6.45, 7) is 0. The van der Waals surface area contributed by atoms with Crippen molar-refractivity contribution < 1.29 is 60.0 Å². The average Bonchev–Trinajstić information content (AvgIpc) is 3.33. The molecule has 0 amide bonds. The van der Waals surface area contributed by atoms with E-state index in [0.717, 1.165) is 22.3 Å². The minimum absolute atomic E-state index is 0. The zero-order chi connectivity index (χ0) is 49.0. The summed E-state index contributed by atoms with van der Waals surface area (Å²) in [6.07, 6.45) is 1.84. The summed E-state index contributed by atoms with van der Waals surface area (Å²) in [4.78, 5) is 43.3. The van der Waals surface area contributed by atoms with Crippen molar-refractivity contribution in [2.45, 2.75) is 25.7 Å². The Morgan fingerprint density at radius 2 is 0.449 bits per heavy atom. The van der Waals surface area contributed by atoms with E-state index in [9.17, 15) is 39.6 Å². The Labute approximate surface area is 415 Å². The minimum Gasteiger partial charge on any atom is -0.872 e. The molecule has 12 nitrogen and oxygen atoms in total. The van der Waals surface area contributed by atoms with Gasteiger partial charge in [-0.3, -0.25) is 0 Å². The van der Waals surface area contributed by atoms with Crippen LogP contribution in [0, 0.1) is 0 Å². The number of para-hydroxylation sites is 4. The summed E-state index contributed by atoms with van der Waals surface area (Å²) in [5.74, 6) is -6.30. The third-order valence-corrected chi connectivity index (χ3v) is 10.3. The number of carboxylic acid groups (broad SMARTS) is 4. The van der Waals surface area contributed by atoms with Crippen molar-refractivity contribution in [3.05, 3.63) is 261 Å². The van der Waals surface area contributed by atoms with Crippen molar-refractivity contribution in [2.24, 2.45) is 0 Å². The maximum absolute atomic E-state index is 11.8. The summed E-state index contributed by atoms with van der Waals surface area (Å²) < 4.78 is 0. The molecule has 0 saturated heterocycles. The molecule has 0 aromatic heterocycles. The smallest absolute Gasteiger partial charge is 0.872 e. The van der Waals surface area contributed by atoms with Crippen LogP contribution in [0.4, 0.5) is 0 Å². The third kappa shape index (κ3) is 15.9. The summed E-state index contributed by atoms with van der Waals surface area (Å²) in [5, 5.41) is 82.8. The molecule has 0 fully saturated rings. The van der Waals surface area contributed by atoms with E-state index in [1.165, 1.54) is 24.3 Å². The van der Waals surface area contributed by atoms with Gasteiger partial charge in [0.25, 0.3) is 0 Å². The van der Waals surface area contributed by atoms with Crippen molar-refractivity contribution in [2.75, 3.05) is 0 Å². The normalized spacial score (nSPS) is 9.97. The molecule has 0 unspecified atom stereocenters. The molecule has 4 N–H and O–H groups in total. The largest absolute Gasteiger partial charge is 4.00 e. The van der Waals surface area contributed by atoms with Gasteiger partial charge < -0.3 is 40.9 Å². The van der Waals surface area contributed by atoms with Gasteiger partial charge in [-0.15, -0.1) is 0 Å². The maximum Gasteiger partial charge on any atom is 4.00 e. The van der Waals surface area contributed by atoms with Crippen LogP contribution in [0.15, 0.2) is 194 Å². The second-order valence-corrected chi connectivity index (χ2v) is 15.0. The topological polar surface area (TPSA) is 241 Å². The number of carboxylic acids is 4. The van der Waals surface area contributed by atoms with E-state index in [1.807, 2.05) is 121 Å². The first-order valence-electron chi connectivity index (χ1n) is 21.0. The van der Waals surface area contributed by atoms with E-state index in [2.05, 4.69) is 0 Å². The third-order valence-electron chi connectivity index (χ3n) is 10.3. The summed E-state index contributed by atoms with van der Waals surface area (Å²) in [7, 11) is 0. The fraction of sp³-hybridized carbons (Fsp3) is 0.0714. The monoisotopic (exact) mass is 1030 g/mol. The molecular weight excluding hydrogens is 983 g/mol. The van der Waals surface area contributed by atoms with Gasteiger partial charge in [-0.05, 0) is 72.2 Å². The quantitative estimate of drug-likeness (QED) is 0.0857. The number of aromatic carboxylic acids is 4. The van der Waals surface area contributed by atoms with Crippen molar-refractivity contribution in [1.29, 1.82) is 0 Å². The molecule has 0 heterocycles. The van der Waals surface area contributed by atoms with Gasteiger partial charge in [0.2, 0.25) is 0 Å². The number of hydrogen-bond donors (Lipinski definition) is 4. The van der Waals surface area contributed by atoms with E-state index >= 15 is 0 Å². The summed E-state index contributed by atoms with van der Waals surface area (Å²) in [6, 6.07) is 56.4. The van der Waals surface area contributed by atoms with Crippen LogP contribution in [0.3, 0.4) is 0 Å². The summed E-state index contributed by atoms with van der Waals surface area (Å²) >= 11 is 0. The van der Waals surface area contributed by atoms with Gasteiger partial charge in [0.05, 0.1) is 22.3 Å². The number of benzene rings is 8. The van der Waals surface area contributed by atoms with E-state index in [4.69, 9.17) is 20.4 Å². The Hall–Kier alpha value is -8.36. The van der Waals surface area contributed by atoms with Crippen molar-refractivity contribution in [3.8, 4) is 23.0 Å². The van der Waals surface area contributed by atoms with Gasteiger partial charge in [-0.2, -0.15) is 0 Å². The Kier molecular flexibility index (Phi) is 20.6. The van der Waals surface area contributed by atoms with E-state index < -0.39 is 46.9 Å². The number of hydrogen-bond acceptors (Lipinski definition) is 8.